The van der Waals surface area contributed by atoms with Gasteiger partial charge in [-0.15, -0.1) is 0 Å². The molecule has 0 saturated carbocycles. The third-order valence-corrected chi connectivity index (χ3v) is 4.82. The number of nitrogens with zero attached hydrogens (tertiary/aromatic N) is 4. The summed E-state index contributed by atoms with van der Waals surface area (Å²) in [5.74, 6) is 0.151. The topological polar surface area (TPSA) is 41.4 Å². The summed E-state index contributed by atoms with van der Waals surface area (Å²) in [7, 11) is 0. The van der Waals surface area contributed by atoms with Crippen LogP contribution in [-0.4, -0.2) is 45.1 Å². The number of aryl methyl sites for hydroxylation is 2. The normalized spacial score (nSPS) is 18.8. The Labute approximate surface area is 143 Å². The Morgan fingerprint density at radius 1 is 1.25 bits per heavy atom. The van der Waals surface area contributed by atoms with E-state index in [-0.39, 0.29) is 11.9 Å². The summed E-state index contributed by atoms with van der Waals surface area (Å²) in [5, 5.41) is 4.54. The Morgan fingerprint density at radius 3 is 2.62 bits per heavy atom. The number of amides is 1. The maximum atomic E-state index is 12.0. The summed E-state index contributed by atoms with van der Waals surface area (Å²) in [6, 6.07) is 10.5. The second-order valence-corrected chi connectivity index (χ2v) is 6.47. The van der Waals surface area contributed by atoms with Crippen molar-refractivity contribution in [1.82, 2.24) is 19.6 Å². The summed E-state index contributed by atoms with van der Waals surface area (Å²) in [6.45, 7) is 10.2. The Morgan fingerprint density at radius 2 is 2.00 bits per heavy atom. The molecule has 0 N–H and O–H groups in total. The van der Waals surface area contributed by atoms with Crippen molar-refractivity contribution in [2.75, 3.05) is 19.6 Å². The van der Waals surface area contributed by atoms with E-state index in [1.165, 1.54) is 11.1 Å². The van der Waals surface area contributed by atoms with E-state index in [4.69, 9.17) is 0 Å². The molecule has 0 unspecified atom stereocenters. The maximum absolute atomic E-state index is 12.0. The molecule has 1 aliphatic rings. The van der Waals surface area contributed by atoms with Gasteiger partial charge in [0, 0.05) is 51.4 Å². The predicted molar refractivity (Wildman–Crippen MR) is 94.5 cm³/mol. The molecule has 1 fully saturated rings. The molecule has 2 heterocycles. The highest BCUT2D eigenvalue weighted by Gasteiger charge is 2.30. The van der Waals surface area contributed by atoms with Gasteiger partial charge in [-0.3, -0.25) is 14.4 Å². The van der Waals surface area contributed by atoms with Crippen molar-refractivity contribution in [3.8, 4) is 0 Å². The van der Waals surface area contributed by atoms with Crippen LogP contribution in [0.2, 0.25) is 0 Å². The standard InChI is InChI=1S/C19H26N4O/c1-4-22-13-18(15(2)20-22)12-21-10-11-23(16(3)24)19(14-21)17-8-6-5-7-9-17/h5-9,13,19H,4,10-12,14H2,1-3H3/t19-/m1/s1. The van der Waals surface area contributed by atoms with Crippen LogP contribution >= 0.6 is 0 Å². The summed E-state index contributed by atoms with van der Waals surface area (Å²) < 4.78 is 1.99. The van der Waals surface area contributed by atoms with Crippen molar-refractivity contribution in [2.45, 2.75) is 39.9 Å². The van der Waals surface area contributed by atoms with Crippen molar-refractivity contribution in [2.24, 2.45) is 0 Å². The molecule has 5 nitrogen and oxygen atoms in total. The number of piperazine rings is 1. The first kappa shape index (κ1) is 16.7. The third-order valence-electron chi connectivity index (χ3n) is 4.82. The van der Waals surface area contributed by atoms with Crippen molar-refractivity contribution < 1.29 is 4.79 Å². The summed E-state index contributed by atoms with van der Waals surface area (Å²) in [4.78, 5) is 16.5. The van der Waals surface area contributed by atoms with Crippen LogP contribution in [0.15, 0.2) is 36.5 Å². The first-order valence-corrected chi connectivity index (χ1v) is 8.66. The predicted octanol–water partition coefficient (Wildman–Crippen LogP) is 2.62. The monoisotopic (exact) mass is 326 g/mol. The van der Waals surface area contributed by atoms with E-state index in [0.717, 1.165) is 38.4 Å². The van der Waals surface area contributed by atoms with Gasteiger partial charge in [0.25, 0.3) is 0 Å². The van der Waals surface area contributed by atoms with Gasteiger partial charge in [0.1, 0.15) is 0 Å². The van der Waals surface area contributed by atoms with E-state index in [1.54, 1.807) is 6.92 Å². The Kier molecular flexibility index (Phi) is 5.00. The number of benzene rings is 1. The number of rotatable bonds is 4. The quantitative estimate of drug-likeness (QED) is 0.867. The Hall–Kier alpha value is -2.14. The van der Waals surface area contributed by atoms with E-state index < -0.39 is 0 Å². The number of hydrogen-bond donors (Lipinski definition) is 0. The van der Waals surface area contributed by atoms with Crippen LogP contribution in [0.1, 0.15) is 36.7 Å². The largest absolute Gasteiger partial charge is 0.333 e. The zero-order chi connectivity index (χ0) is 17.1. The van der Waals surface area contributed by atoms with Gasteiger partial charge < -0.3 is 4.90 Å². The minimum absolute atomic E-state index is 0.124. The van der Waals surface area contributed by atoms with Crippen molar-refractivity contribution >= 4 is 5.91 Å². The Balaban J connectivity index is 1.77. The van der Waals surface area contributed by atoms with Crippen molar-refractivity contribution in [1.29, 1.82) is 0 Å². The molecule has 3 rings (SSSR count). The molecule has 0 aliphatic carbocycles. The molecule has 0 bridgehead atoms. The van der Waals surface area contributed by atoms with E-state index in [0.29, 0.717) is 0 Å². The van der Waals surface area contributed by atoms with Gasteiger partial charge in [-0.25, -0.2) is 0 Å². The molecule has 5 heteroatoms. The first-order valence-electron chi connectivity index (χ1n) is 8.66. The van der Waals surface area contributed by atoms with Crippen LogP contribution < -0.4 is 0 Å². The van der Waals surface area contributed by atoms with Gasteiger partial charge in [-0.2, -0.15) is 5.10 Å². The number of aromatic nitrogens is 2. The molecule has 128 valence electrons. The van der Waals surface area contributed by atoms with Gasteiger partial charge >= 0.3 is 0 Å². The van der Waals surface area contributed by atoms with Crippen LogP contribution in [0, 0.1) is 6.92 Å². The molecule has 1 saturated heterocycles. The van der Waals surface area contributed by atoms with Crippen molar-refractivity contribution in [3.63, 3.8) is 0 Å². The molecule has 1 aliphatic heterocycles. The lowest BCUT2D eigenvalue weighted by Gasteiger charge is -2.41. The molecule has 24 heavy (non-hydrogen) atoms. The lowest BCUT2D eigenvalue weighted by atomic mass is 10.0. The SMILES string of the molecule is CCn1cc(CN2CCN(C(C)=O)[C@@H](c3ccccc3)C2)c(C)n1. The van der Waals surface area contributed by atoms with Crippen molar-refractivity contribution in [3.05, 3.63) is 53.3 Å². The van der Waals surface area contributed by atoms with Crippen LogP contribution in [0.4, 0.5) is 0 Å². The fourth-order valence-electron chi connectivity index (χ4n) is 3.44. The highest BCUT2D eigenvalue weighted by molar-refractivity contribution is 5.74. The van der Waals surface area contributed by atoms with Gasteiger partial charge in [0.15, 0.2) is 0 Å². The molecular weight excluding hydrogens is 300 g/mol. The lowest BCUT2D eigenvalue weighted by Crippen LogP contribution is -2.49. The highest BCUT2D eigenvalue weighted by atomic mass is 16.2. The molecule has 1 atom stereocenters. The molecule has 0 spiro atoms. The van der Waals surface area contributed by atoms with Gasteiger partial charge in [-0.05, 0) is 19.4 Å². The van der Waals surface area contributed by atoms with Gasteiger partial charge in [-0.1, -0.05) is 30.3 Å². The fourth-order valence-corrected chi connectivity index (χ4v) is 3.44. The Bertz CT molecular complexity index is 695. The lowest BCUT2D eigenvalue weighted by molar-refractivity contribution is -0.134. The number of carbonyl (C=O) groups excluding carboxylic acids is 1. The summed E-state index contributed by atoms with van der Waals surface area (Å²) in [5.41, 5.74) is 3.58. The second kappa shape index (κ2) is 7.18. The van der Waals surface area contributed by atoms with Gasteiger partial charge in [0.2, 0.25) is 5.91 Å². The van der Waals surface area contributed by atoms with E-state index in [2.05, 4.69) is 42.2 Å². The molecule has 1 aromatic carbocycles. The minimum atomic E-state index is 0.124. The highest BCUT2D eigenvalue weighted by Crippen LogP contribution is 2.26. The van der Waals surface area contributed by atoms with Crippen LogP contribution in [-0.2, 0) is 17.9 Å². The average Bonchev–Trinajstić information content (AvgIpc) is 2.95. The third kappa shape index (κ3) is 3.51. The molecule has 1 aromatic heterocycles. The van der Waals surface area contributed by atoms with E-state index >= 15 is 0 Å². The summed E-state index contributed by atoms with van der Waals surface area (Å²) >= 11 is 0. The van der Waals surface area contributed by atoms with E-state index in [9.17, 15) is 4.79 Å². The first-order chi connectivity index (χ1) is 11.6. The molecular formula is C19H26N4O. The minimum Gasteiger partial charge on any atom is -0.333 e. The fraction of sp³-hybridized carbons (Fsp3) is 0.474. The summed E-state index contributed by atoms with van der Waals surface area (Å²) in [6.07, 6.45) is 2.14. The number of hydrogen-bond acceptors (Lipinski definition) is 3. The zero-order valence-electron chi connectivity index (χ0n) is 14.8. The maximum Gasteiger partial charge on any atom is 0.220 e. The zero-order valence-corrected chi connectivity index (χ0v) is 14.8. The molecule has 0 radical (unpaired) electrons. The van der Waals surface area contributed by atoms with Crippen LogP contribution in [0.3, 0.4) is 0 Å². The van der Waals surface area contributed by atoms with E-state index in [1.807, 2.05) is 27.8 Å². The molecule has 1 amide bonds. The van der Waals surface area contributed by atoms with Gasteiger partial charge in [0.05, 0.1) is 11.7 Å². The van der Waals surface area contributed by atoms with Crippen LogP contribution in [0.25, 0.3) is 0 Å². The smallest absolute Gasteiger partial charge is 0.220 e. The average molecular weight is 326 g/mol. The second-order valence-electron chi connectivity index (χ2n) is 6.47. The van der Waals surface area contributed by atoms with Crippen LogP contribution in [0.5, 0.6) is 0 Å². The molecule has 2 aromatic rings. The number of carbonyl (C=O) groups is 1.